The van der Waals surface area contributed by atoms with E-state index in [4.69, 9.17) is 14.1 Å². The summed E-state index contributed by atoms with van der Waals surface area (Å²) < 4.78 is 11.8. The molecule has 1 aliphatic rings. The smallest absolute Gasteiger partial charge is 0.337 e. The number of methoxy groups -OCH3 is 1. The van der Waals surface area contributed by atoms with E-state index in [0.717, 1.165) is 17.7 Å². The van der Waals surface area contributed by atoms with E-state index in [-0.39, 0.29) is 18.0 Å². The molecule has 0 fully saturated rings. The van der Waals surface area contributed by atoms with E-state index < -0.39 is 11.2 Å². The summed E-state index contributed by atoms with van der Waals surface area (Å²) in [5, 5.41) is 0.229. The number of aromatic nitrogens is 2. The molecule has 178 valence electrons. The molecule has 1 aliphatic heterocycles. The molecule has 0 radical (unpaired) electrons. The van der Waals surface area contributed by atoms with Gasteiger partial charge in [-0.2, -0.15) is 0 Å². The first-order valence-electron chi connectivity index (χ1n) is 11.2. The Morgan fingerprint density at radius 1 is 1.17 bits per heavy atom. The molecule has 9 heteroatoms. The number of para-hydroxylation sites is 1. The number of carbonyl (C=O) groups excluding carboxylic acids is 2. The summed E-state index contributed by atoms with van der Waals surface area (Å²) in [6, 6.07) is 16.1. The van der Waals surface area contributed by atoms with E-state index in [2.05, 4.69) is 0 Å². The highest BCUT2D eigenvalue weighted by Gasteiger charge is 2.29. The minimum atomic E-state index is -0.515. The molecule has 0 saturated heterocycles. The first kappa shape index (κ1) is 22.9. The van der Waals surface area contributed by atoms with Crippen molar-refractivity contribution in [2.75, 3.05) is 18.6 Å². The average molecular weight is 490 g/mol. The highest BCUT2D eigenvalue weighted by atomic mass is 32.2. The van der Waals surface area contributed by atoms with Gasteiger partial charge in [0.05, 0.1) is 41.6 Å². The third kappa shape index (κ3) is 4.35. The van der Waals surface area contributed by atoms with Gasteiger partial charge in [0, 0.05) is 12.2 Å². The van der Waals surface area contributed by atoms with Crippen LogP contribution in [-0.4, -0.2) is 40.3 Å². The summed E-state index contributed by atoms with van der Waals surface area (Å²) in [5.74, 6) is 0.0230. The zero-order valence-electron chi connectivity index (χ0n) is 19.3. The van der Waals surface area contributed by atoms with Gasteiger partial charge in [-0.1, -0.05) is 30.0 Å². The van der Waals surface area contributed by atoms with Crippen LogP contribution in [0.3, 0.4) is 0 Å². The van der Waals surface area contributed by atoms with Crippen LogP contribution in [0.15, 0.2) is 75.2 Å². The largest absolute Gasteiger partial charge is 0.467 e. The number of benzene rings is 2. The molecule has 1 atom stereocenters. The lowest BCUT2D eigenvalue weighted by molar-refractivity contribution is -0.117. The molecule has 0 spiro atoms. The zero-order valence-corrected chi connectivity index (χ0v) is 20.1. The highest BCUT2D eigenvalue weighted by molar-refractivity contribution is 8.00. The summed E-state index contributed by atoms with van der Waals surface area (Å²) in [5.41, 5.74) is 2.45. The van der Waals surface area contributed by atoms with Gasteiger partial charge >= 0.3 is 5.97 Å². The molecular weight excluding hydrogens is 466 g/mol. The number of esters is 1. The van der Waals surface area contributed by atoms with Gasteiger partial charge in [-0.15, -0.1) is 0 Å². The van der Waals surface area contributed by atoms with Crippen LogP contribution in [0, 0.1) is 0 Å². The molecule has 35 heavy (non-hydrogen) atoms. The van der Waals surface area contributed by atoms with Crippen molar-refractivity contribution < 1.29 is 18.7 Å². The van der Waals surface area contributed by atoms with Crippen LogP contribution in [-0.2, 0) is 22.5 Å². The Morgan fingerprint density at radius 3 is 2.77 bits per heavy atom. The second-order valence-electron chi connectivity index (χ2n) is 8.22. The standard InChI is InChI=1S/C26H23N3O5S/c1-16(23(30)28-12-11-17-6-3-4-8-22(17)28)35-26-27-21-14-18(25(32)33-2)9-10-20(21)24(31)29(26)15-19-7-5-13-34-19/h3-10,13-14,16H,11-12,15H2,1-2H3. The number of hydrogen-bond donors (Lipinski definition) is 0. The van der Waals surface area contributed by atoms with Gasteiger partial charge in [0.1, 0.15) is 5.76 Å². The molecule has 3 heterocycles. The maximum absolute atomic E-state index is 13.5. The van der Waals surface area contributed by atoms with Gasteiger partial charge in [-0.3, -0.25) is 14.2 Å². The zero-order chi connectivity index (χ0) is 24.5. The molecule has 0 aliphatic carbocycles. The molecular formula is C26H23N3O5S. The number of hydrogen-bond acceptors (Lipinski definition) is 7. The molecule has 2 aromatic heterocycles. The fourth-order valence-electron chi connectivity index (χ4n) is 4.23. The van der Waals surface area contributed by atoms with Crippen LogP contribution in [0.1, 0.15) is 28.6 Å². The number of anilines is 1. The second-order valence-corrected chi connectivity index (χ2v) is 9.53. The van der Waals surface area contributed by atoms with Crippen molar-refractivity contribution in [3.8, 4) is 0 Å². The molecule has 0 bridgehead atoms. The molecule has 0 saturated carbocycles. The summed E-state index contributed by atoms with van der Waals surface area (Å²) >= 11 is 1.21. The maximum Gasteiger partial charge on any atom is 0.337 e. The van der Waals surface area contributed by atoms with Crippen molar-refractivity contribution in [1.29, 1.82) is 0 Å². The lowest BCUT2D eigenvalue weighted by Gasteiger charge is -2.22. The molecule has 8 nitrogen and oxygen atoms in total. The predicted octanol–water partition coefficient (Wildman–Crippen LogP) is 3.89. The van der Waals surface area contributed by atoms with Crippen molar-refractivity contribution in [1.82, 2.24) is 9.55 Å². The predicted molar refractivity (Wildman–Crippen MR) is 133 cm³/mol. The van der Waals surface area contributed by atoms with Crippen LogP contribution in [0.2, 0.25) is 0 Å². The molecule has 5 rings (SSSR count). The Hall–Kier alpha value is -3.85. The Labute approximate surface area is 205 Å². The number of furan rings is 1. The van der Waals surface area contributed by atoms with Crippen molar-refractivity contribution in [3.05, 3.63) is 88.1 Å². The maximum atomic E-state index is 13.5. The molecule has 2 aromatic carbocycles. The van der Waals surface area contributed by atoms with E-state index in [1.54, 1.807) is 29.4 Å². The van der Waals surface area contributed by atoms with Gasteiger partial charge in [-0.05, 0) is 55.3 Å². The van der Waals surface area contributed by atoms with Crippen LogP contribution in [0.5, 0.6) is 0 Å². The van der Waals surface area contributed by atoms with Crippen molar-refractivity contribution in [3.63, 3.8) is 0 Å². The summed E-state index contributed by atoms with van der Waals surface area (Å²) in [4.78, 5) is 45.3. The summed E-state index contributed by atoms with van der Waals surface area (Å²) in [7, 11) is 1.30. The number of thioether (sulfide) groups is 1. The number of fused-ring (bicyclic) bond motifs is 2. The molecule has 1 amide bonds. The van der Waals surface area contributed by atoms with E-state index in [0.29, 0.717) is 33.9 Å². The normalized spacial score (nSPS) is 13.6. The topological polar surface area (TPSA) is 94.6 Å². The van der Waals surface area contributed by atoms with Gasteiger partial charge < -0.3 is 14.1 Å². The lowest BCUT2D eigenvalue weighted by atomic mass is 10.1. The Morgan fingerprint density at radius 2 is 2.00 bits per heavy atom. The van der Waals surface area contributed by atoms with Gasteiger partial charge in [0.2, 0.25) is 5.91 Å². The number of nitrogens with zero attached hydrogens (tertiary/aromatic N) is 3. The van der Waals surface area contributed by atoms with E-state index in [1.165, 1.54) is 35.6 Å². The van der Waals surface area contributed by atoms with Gasteiger partial charge in [-0.25, -0.2) is 9.78 Å². The van der Waals surface area contributed by atoms with Crippen molar-refractivity contribution in [2.45, 2.75) is 30.3 Å². The van der Waals surface area contributed by atoms with E-state index in [9.17, 15) is 14.4 Å². The monoisotopic (exact) mass is 489 g/mol. The minimum Gasteiger partial charge on any atom is -0.467 e. The van der Waals surface area contributed by atoms with Crippen LogP contribution in [0.4, 0.5) is 5.69 Å². The third-order valence-electron chi connectivity index (χ3n) is 6.02. The van der Waals surface area contributed by atoms with Crippen molar-refractivity contribution in [2.24, 2.45) is 0 Å². The van der Waals surface area contributed by atoms with Crippen LogP contribution >= 0.6 is 11.8 Å². The third-order valence-corrected chi connectivity index (χ3v) is 7.10. The molecule has 1 unspecified atom stereocenters. The first-order chi connectivity index (χ1) is 17.0. The fraction of sp³-hybridized carbons (Fsp3) is 0.231. The fourth-order valence-corrected chi connectivity index (χ4v) is 5.20. The summed E-state index contributed by atoms with van der Waals surface area (Å²) in [6.07, 6.45) is 2.36. The minimum absolute atomic E-state index is 0.0536. The van der Waals surface area contributed by atoms with Crippen LogP contribution in [0.25, 0.3) is 10.9 Å². The van der Waals surface area contributed by atoms with E-state index in [1.807, 2.05) is 31.2 Å². The Kier molecular flexibility index (Phi) is 6.17. The highest BCUT2D eigenvalue weighted by Crippen LogP contribution is 2.31. The SMILES string of the molecule is COC(=O)c1ccc2c(=O)n(Cc3ccco3)c(SC(C)C(=O)N3CCc4ccccc43)nc2c1. The Balaban J connectivity index is 1.53. The lowest BCUT2D eigenvalue weighted by Crippen LogP contribution is -2.35. The summed E-state index contributed by atoms with van der Waals surface area (Å²) in [6.45, 7) is 2.60. The second kappa shape index (κ2) is 9.42. The molecule has 0 N–H and O–H groups in total. The number of amides is 1. The number of rotatable bonds is 6. The number of carbonyl (C=O) groups is 2. The van der Waals surface area contributed by atoms with Crippen LogP contribution < -0.4 is 10.5 Å². The number of ether oxygens (including phenoxy) is 1. The van der Waals surface area contributed by atoms with Gasteiger partial charge in [0.15, 0.2) is 5.16 Å². The van der Waals surface area contributed by atoms with Gasteiger partial charge in [0.25, 0.3) is 5.56 Å². The molecule has 4 aromatic rings. The van der Waals surface area contributed by atoms with E-state index >= 15 is 0 Å². The quantitative estimate of drug-likeness (QED) is 0.230. The first-order valence-corrected chi connectivity index (χ1v) is 12.1. The van der Waals surface area contributed by atoms with Crippen molar-refractivity contribution >= 4 is 40.2 Å². The Bertz CT molecular complexity index is 1480. The average Bonchev–Trinajstić information content (AvgIpc) is 3.55.